The van der Waals surface area contributed by atoms with Crippen LogP contribution in [0.4, 0.5) is 10.6 Å². The Kier molecular flexibility index (Phi) is 11.2. The Morgan fingerprint density at radius 3 is 2.42 bits per heavy atom. The third-order valence-electron chi connectivity index (χ3n) is 10.7. The molecule has 2 aromatic carbocycles. The summed E-state index contributed by atoms with van der Waals surface area (Å²) >= 11 is 13.2. The molecule has 3 saturated heterocycles. The normalized spacial score (nSPS) is 20.2. The lowest BCUT2D eigenvalue weighted by atomic mass is 9.82. The van der Waals surface area contributed by atoms with Gasteiger partial charge in [-0.2, -0.15) is 4.73 Å². The highest BCUT2D eigenvalue weighted by Crippen LogP contribution is 2.40. The number of methoxy groups -OCH3 is 1. The van der Waals surface area contributed by atoms with Crippen LogP contribution < -0.4 is 19.1 Å². The number of hydrogen-bond donors (Lipinski definition) is 1. The molecule has 53 heavy (non-hydrogen) atoms. The van der Waals surface area contributed by atoms with E-state index in [9.17, 15) is 19.9 Å². The van der Waals surface area contributed by atoms with Crippen LogP contribution in [-0.4, -0.2) is 66.0 Å². The van der Waals surface area contributed by atoms with Crippen molar-refractivity contribution in [1.29, 1.82) is 0 Å². The highest BCUT2D eigenvalue weighted by molar-refractivity contribution is 6.35. The van der Waals surface area contributed by atoms with Crippen molar-refractivity contribution in [3.63, 3.8) is 0 Å². The molecule has 0 spiro atoms. The second kappa shape index (κ2) is 16.2. The molecule has 4 aromatic rings. The van der Waals surface area contributed by atoms with Crippen molar-refractivity contribution in [3.05, 3.63) is 116 Å². The van der Waals surface area contributed by atoms with Gasteiger partial charge in [0.2, 0.25) is 0 Å². The number of fused-ring (bicyclic) bond motifs is 3. The number of aromatic nitrogens is 2. The van der Waals surface area contributed by atoms with E-state index in [0.29, 0.717) is 51.2 Å². The zero-order chi connectivity index (χ0) is 37.1. The lowest BCUT2D eigenvalue weighted by Crippen LogP contribution is -2.53. The minimum atomic E-state index is -1.13. The van der Waals surface area contributed by atoms with Crippen molar-refractivity contribution in [2.45, 2.75) is 69.6 Å². The van der Waals surface area contributed by atoms with Crippen molar-refractivity contribution in [3.8, 4) is 11.5 Å². The van der Waals surface area contributed by atoms with E-state index in [0.717, 1.165) is 57.2 Å². The SMILES string of the molecule is COc1ccc([C@@H](Cc2c(Cl)c[n+]([O-])cc2Cl)c2cc(CN(C(=O)O[C@H]3CN4CCC3CC4)c3ccccn3)ccc2C(=O)O)cc1OC1CCCC1. The van der Waals surface area contributed by atoms with Crippen molar-refractivity contribution in [2.75, 3.05) is 31.6 Å². The smallest absolute Gasteiger partial charge is 0.416 e. The summed E-state index contributed by atoms with van der Waals surface area (Å²) in [5, 5.41) is 23.0. The standard InChI is InChI=1S/C40H42Cl2N4O7/c1-51-35-12-10-27(19-36(35)52-28-6-2-3-7-28)30(20-32-33(41)22-45(50)23-34(32)42)31-18-25(9-11-29(31)39(47)48)21-46(38-8-4-5-15-43-38)40(49)53-37-24-44-16-13-26(37)14-17-44/h4-5,8-12,15,18-19,22-23,26,28,30,37H,2-3,6-7,13-14,16-17,20-21,24H2,1H3,(H,47,48)/t30-,37+/m1/s1. The number of piperidine rings is 3. The number of amides is 1. The molecule has 13 heteroatoms. The molecule has 1 saturated carbocycles. The van der Waals surface area contributed by atoms with Gasteiger partial charge in [0.1, 0.15) is 22.0 Å². The Bertz CT molecular complexity index is 1930. The second-order valence-corrected chi connectivity index (χ2v) is 14.9. The number of carboxylic acid groups (broad SMARTS) is 1. The third-order valence-corrected chi connectivity index (χ3v) is 11.4. The van der Waals surface area contributed by atoms with Crippen LogP contribution in [0.15, 0.2) is 73.2 Å². The Morgan fingerprint density at radius 2 is 1.77 bits per heavy atom. The molecule has 8 rings (SSSR count). The van der Waals surface area contributed by atoms with E-state index < -0.39 is 18.0 Å². The average molecular weight is 762 g/mol. The Morgan fingerprint density at radius 1 is 1.02 bits per heavy atom. The molecule has 11 nitrogen and oxygen atoms in total. The van der Waals surface area contributed by atoms with E-state index in [1.54, 1.807) is 49.7 Å². The molecule has 2 atom stereocenters. The Labute approximate surface area is 318 Å². The fraction of sp³-hybridized carbons (Fsp3) is 0.400. The number of carbonyl (C=O) groups is 2. The summed E-state index contributed by atoms with van der Waals surface area (Å²) in [6, 6.07) is 15.9. The molecule has 1 aliphatic carbocycles. The second-order valence-electron chi connectivity index (χ2n) is 14.0. The first-order valence-corrected chi connectivity index (χ1v) is 18.8. The zero-order valence-electron chi connectivity index (χ0n) is 29.5. The predicted molar refractivity (Wildman–Crippen MR) is 200 cm³/mol. The average Bonchev–Trinajstić information content (AvgIpc) is 3.67. The van der Waals surface area contributed by atoms with Crippen molar-refractivity contribution in [2.24, 2.45) is 5.92 Å². The van der Waals surface area contributed by atoms with Gasteiger partial charge in [-0.15, -0.1) is 0 Å². The number of rotatable bonds is 12. The summed E-state index contributed by atoms with van der Waals surface area (Å²) in [6.45, 7) is 2.80. The number of carboxylic acids is 1. The summed E-state index contributed by atoms with van der Waals surface area (Å²) < 4.78 is 18.8. The number of benzene rings is 2. The van der Waals surface area contributed by atoms with Crippen molar-refractivity contribution < 1.29 is 33.6 Å². The van der Waals surface area contributed by atoms with Crippen LogP contribution in [0.2, 0.25) is 10.0 Å². The van der Waals surface area contributed by atoms with Gasteiger partial charge in [0.05, 0.1) is 25.3 Å². The maximum Gasteiger partial charge on any atom is 0.416 e. The lowest BCUT2D eigenvalue weighted by Gasteiger charge is -2.44. The molecule has 1 amide bonds. The first kappa shape index (κ1) is 36.8. The number of carbonyl (C=O) groups excluding carboxylic acids is 1. The van der Waals surface area contributed by atoms with E-state index in [2.05, 4.69) is 9.88 Å². The van der Waals surface area contributed by atoms with Crippen molar-refractivity contribution >= 4 is 41.1 Å². The van der Waals surface area contributed by atoms with E-state index in [-0.39, 0.29) is 40.8 Å². The van der Waals surface area contributed by atoms with E-state index in [1.807, 2.05) is 18.2 Å². The fourth-order valence-electron chi connectivity index (χ4n) is 7.89. The van der Waals surface area contributed by atoms with E-state index in [4.69, 9.17) is 37.4 Å². The lowest BCUT2D eigenvalue weighted by molar-refractivity contribution is -0.605. The number of nitrogens with zero attached hydrogens (tertiary/aromatic N) is 4. The maximum atomic E-state index is 14.0. The highest BCUT2D eigenvalue weighted by Gasteiger charge is 2.38. The van der Waals surface area contributed by atoms with Gasteiger partial charge < -0.3 is 24.5 Å². The van der Waals surface area contributed by atoms with Crippen LogP contribution in [-0.2, 0) is 17.7 Å². The van der Waals surface area contributed by atoms with E-state index in [1.165, 1.54) is 17.3 Å². The summed E-state index contributed by atoms with van der Waals surface area (Å²) in [6.07, 6.45) is 9.55. The molecule has 4 aliphatic rings. The number of anilines is 1. The van der Waals surface area contributed by atoms with Gasteiger partial charge in [-0.05, 0) is 111 Å². The minimum absolute atomic E-state index is 0.0410. The number of ether oxygens (including phenoxy) is 3. The van der Waals surface area contributed by atoms with Crippen LogP contribution in [0.25, 0.3) is 0 Å². The van der Waals surface area contributed by atoms with Gasteiger partial charge in [-0.25, -0.2) is 14.6 Å². The number of aromatic carboxylic acids is 1. The van der Waals surface area contributed by atoms with E-state index >= 15 is 0 Å². The molecule has 0 unspecified atom stereocenters. The summed E-state index contributed by atoms with van der Waals surface area (Å²) in [5.41, 5.74) is 2.40. The predicted octanol–water partition coefficient (Wildman–Crippen LogP) is 7.66. The maximum absolute atomic E-state index is 14.0. The highest BCUT2D eigenvalue weighted by atomic mass is 35.5. The number of pyridine rings is 2. The minimum Gasteiger partial charge on any atom is -0.619 e. The van der Waals surface area contributed by atoms with Gasteiger partial charge in [0, 0.05) is 24.2 Å². The molecule has 4 fully saturated rings. The molecule has 1 N–H and O–H groups in total. The van der Waals surface area contributed by atoms with Gasteiger partial charge >= 0.3 is 12.1 Å². The summed E-state index contributed by atoms with van der Waals surface area (Å²) in [7, 11) is 1.58. The molecule has 2 aromatic heterocycles. The zero-order valence-corrected chi connectivity index (χ0v) is 31.0. The molecule has 278 valence electrons. The van der Waals surface area contributed by atoms with Crippen LogP contribution >= 0.6 is 23.2 Å². The monoisotopic (exact) mass is 760 g/mol. The third kappa shape index (κ3) is 8.32. The Balaban J connectivity index is 1.29. The van der Waals surface area contributed by atoms with Gasteiger partial charge in [-0.3, -0.25) is 9.80 Å². The van der Waals surface area contributed by atoms with Crippen LogP contribution in [0.3, 0.4) is 0 Å². The van der Waals surface area contributed by atoms with Gasteiger partial charge in [-0.1, -0.05) is 47.5 Å². The molecular weight excluding hydrogens is 719 g/mol. The quantitative estimate of drug-likeness (QED) is 0.114. The summed E-state index contributed by atoms with van der Waals surface area (Å²) in [4.78, 5) is 35.1. The Hall–Kier alpha value is -4.58. The van der Waals surface area contributed by atoms with Gasteiger partial charge in [0.15, 0.2) is 23.9 Å². The largest absolute Gasteiger partial charge is 0.619 e. The van der Waals surface area contributed by atoms with Crippen molar-refractivity contribution in [1.82, 2.24) is 9.88 Å². The molecule has 2 bridgehead atoms. The number of halogens is 2. The fourth-order valence-corrected chi connectivity index (χ4v) is 8.49. The first-order chi connectivity index (χ1) is 25.7. The van der Waals surface area contributed by atoms with Crippen LogP contribution in [0.1, 0.15) is 77.1 Å². The molecule has 3 aliphatic heterocycles. The molecule has 5 heterocycles. The van der Waals surface area contributed by atoms with Crippen LogP contribution in [0, 0.1) is 11.1 Å². The number of hydrogen-bond acceptors (Lipinski definition) is 8. The summed E-state index contributed by atoms with van der Waals surface area (Å²) in [5.74, 6) is 0.0842. The molecular formula is C40H42Cl2N4O7. The first-order valence-electron chi connectivity index (χ1n) is 18.1. The van der Waals surface area contributed by atoms with Crippen LogP contribution in [0.5, 0.6) is 11.5 Å². The molecule has 0 radical (unpaired) electrons. The topological polar surface area (TPSA) is 128 Å². The van der Waals surface area contributed by atoms with Gasteiger partial charge in [0.25, 0.3) is 0 Å².